The average molecular weight is 183 g/mol. The molecule has 0 heterocycles. The molecule has 0 spiro atoms. The largest absolute Gasteiger partial charge is 0.389 e. The number of rotatable bonds is 4. The summed E-state index contributed by atoms with van der Waals surface area (Å²) in [6.07, 6.45) is 6.68. The fraction of sp³-hybridized carbons (Fsp3) is 0.500. The van der Waals surface area contributed by atoms with Crippen LogP contribution in [0.2, 0.25) is 0 Å². The Kier molecular flexibility index (Phi) is 5.07. The first-order chi connectivity index (χ1) is 5.95. The second-order valence-electron chi connectivity index (χ2n) is 3.42. The molecule has 0 aromatic rings. The summed E-state index contributed by atoms with van der Waals surface area (Å²) in [5.41, 5.74) is -0.857. The summed E-state index contributed by atoms with van der Waals surface area (Å²) in [6.45, 7) is 5.41. The molecule has 3 nitrogen and oxygen atoms in total. The Morgan fingerprint density at radius 3 is 2.54 bits per heavy atom. The lowest BCUT2D eigenvalue weighted by Crippen LogP contribution is -2.37. The molecule has 0 rings (SSSR count). The van der Waals surface area contributed by atoms with Gasteiger partial charge in [-0.15, -0.1) is 0 Å². The molecule has 0 aliphatic heterocycles. The van der Waals surface area contributed by atoms with Crippen LogP contribution < -0.4 is 5.32 Å². The second-order valence-corrected chi connectivity index (χ2v) is 3.42. The minimum atomic E-state index is -0.857. The van der Waals surface area contributed by atoms with E-state index >= 15 is 0 Å². The van der Waals surface area contributed by atoms with Crippen LogP contribution in [0.5, 0.6) is 0 Å². The number of amides is 1. The third kappa shape index (κ3) is 8.82. The summed E-state index contributed by atoms with van der Waals surface area (Å²) < 4.78 is 0. The van der Waals surface area contributed by atoms with Gasteiger partial charge in [0, 0.05) is 12.6 Å². The highest BCUT2D eigenvalue weighted by Crippen LogP contribution is 1.96. The van der Waals surface area contributed by atoms with Crippen LogP contribution >= 0.6 is 0 Å². The maximum atomic E-state index is 11.0. The average Bonchev–Trinajstić information content (AvgIpc) is 2.00. The first kappa shape index (κ1) is 11.9. The van der Waals surface area contributed by atoms with E-state index < -0.39 is 5.60 Å². The molecule has 0 aliphatic carbocycles. The van der Waals surface area contributed by atoms with Crippen LogP contribution in [0, 0.1) is 0 Å². The Balaban J connectivity index is 3.76. The van der Waals surface area contributed by atoms with Gasteiger partial charge >= 0.3 is 0 Å². The first-order valence-electron chi connectivity index (χ1n) is 4.25. The van der Waals surface area contributed by atoms with Crippen molar-refractivity contribution in [3.63, 3.8) is 0 Å². The third-order valence-corrected chi connectivity index (χ3v) is 1.25. The Morgan fingerprint density at radius 1 is 1.46 bits per heavy atom. The summed E-state index contributed by atoms with van der Waals surface area (Å²) in [5.74, 6) is -0.194. The van der Waals surface area contributed by atoms with Crippen LogP contribution in [0.1, 0.15) is 20.8 Å². The Hall–Kier alpha value is -1.09. The Morgan fingerprint density at radius 2 is 2.08 bits per heavy atom. The number of allylic oxidation sites excluding steroid dienone is 3. The van der Waals surface area contributed by atoms with E-state index in [1.807, 2.05) is 13.0 Å². The minimum absolute atomic E-state index is 0.194. The molecule has 0 bridgehead atoms. The fourth-order valence-electron chi connectivity index (χ4n) is 0.616. The van der Waals surface area contributed by atoms with Gasteiger partial charge < -0.3 is 10.4 Å². The van der Waals surface area contributed by atoms with Gasteiger partial charge in [-0.05, 0) is 20.8 Å². The highest BCUT2D eigenvalue weighted by atomic mass is 16.3. The van der Waals surface area contributed by atoms with Crippen LogP contribution in [0.25, 0.3) is 0 Å². The molecular weight excluding hydrogens is 166 g/mol. The van der Waals surface area contributed by atoms with Crippen LogP contribution in [-0.2, 0) is 4.79 Å². The molecule has 0 aliphatic rings. The van der Waals surface area contributed by atoms with E-state index in [1.165, 1.54) is 6.08 Å². The van der Waals surface area contributed by atoms with Gasteiger partial charge in [0.25, 0.3) is 0 Å². The summed E-state index contributed by atoms with van der Waals surface area (Å²) in [5, 5.41) is 11.9. The molecule has 13 heavy (non-hydrogen) atoms. The number of aliphatic hydroxyl groups is 1. The summed E-state index contributed by atoms with van der Waals surface area (Å²) in [6, 6.07) is 0. The maximum Gasteiger partial charge on any atom is 0.244 e. The predicted octanol–water partition coefficient (Wildman–Crippen LogP) is 1.01. The lowest BCUT2D eigenvalue weighted by Gasteiger charge is -2.16. The molecule has 0 saturated carbocycles. The molecule has 74 valence electrons. The van der Waals surface area contributed by atoms with Gasteiger partial charge in [0.15, 0.2) is 0 Å². The van der Waals surface area contributed by atoms with Gasteiger partial charge in [0.05, 0.1) is 5.60 Å². The second kappa shape index (κ2) is 5.54. The van der Waals surface area contributed by atoms with Crippen molar-refractivity contribution in [2.24, 2.45) is 0 Å². The van der Waals surface area contributed by atoms with Gasteiger partial charge in [0.2, 0.25) is 5.91 Å². The number of hydrogen-bond donors (Lipinski definition) is 2. The molecule has 0 unspecified atom stereocenters. The number of nitrogens with one attached hydrogen (secondary N) is 1. The molecule has 0 saturated heterocycles. The summed E-state index contributed by atoms with van der Waals surface area (Å²) >= 11 is 0. The molecule has 3 heteroatoms. The summed E-state index contributed by atoms with van der Waals surface area (Å²) in [7, 11) is 0. The van der Waals surface area contributed by atoms with E-state index in [4.69, 9.17) is 0 Å². The molecule has 2 N–H and O–H groups in total. The van der Waals surface area contributed by atoms with E-state index in [-0.39, 0.29) is 12.5 Å². The standard InChI is InChI=1S/C10H17NO2/c1-4-5-6-7-9(12)11-8-10(2,3)13/h4-7,13H,8H2,1-3H3,(H,11,12). The van der Waals surface area contributed by atoms with Crippen molar-refractivity contribution in [2.75, 3.05) is 6.54 Å². The van der Waals surface area contributed by atoms with Gasteiger partial charge in [0.1, 0.15) is 0 Å². The molecular formula is C10H17NO2. The molecule has 1 amide bonds. The first-order valence-corrected chi connectivity index (χ1v) is 4.25. The highest BCUT2D eigenvalue weighted by Gasteiger charge is 2.12. The Labute approximate surface area is 79.2 Å². The maximum absolute atomic E-state index is 11.0. The molecule has 0 fully saturated rings. The third-order valence-electron chi connectivity index (χ3n) is 1.25. The highest BCUT2D eigenvalue weighted by molar-refractivity contribution is 5.87. The normalized spacial score (nSPS) is 12.6. The van der Waals surface area contributed by atoms with Crippen molar-refractivity contribution >= 4 is 5.91 Å². The van der Waals surface area contributed by atoms with Crippen LogP contribution in [0.3, 0.4) is 0 Å². The molecule has 0 atom stereocenters. The van der Waals surface area contributed by atoms with E-state index in [9.17, 15) is 9.90 Å². The number of carbonyl (C=O) groups excluding carboxylic acids is 1. The van der Waals surface area contributed by atoms with E-state index in [0.29, 0.717) is 0 Å². The monoisotopic (exact) mass is 183 g/mol. The molecule has 0 radical (unpaired) electrons. The fourth-order valence-corrected chi connectivity index (χ4v) is 0.616. The lowest BCUT2D eigenvalue weighted by molar-refractivity contribution is -0.117. The van der Waals surface area contributed by atoms with Crippen molar-refractivity contribution in [1.29, 1.82) is 0 Å². The van der Waals surface area contributed by atoms with Crippen LogP contribution in [-0.4, -0.2) is 23.2 Å². The zero-order valence-corrected chi connectivity index (χ0v) is 8.37. The smallest absolute Gasteiger partial charge is 0.244 e. The van der Waals surface area contributed by atoms with Crippen LogP contribution in [0.15, 0.2) is 24.3 Å². The number of carbonyl (C=O) groups is 1. The zero-order chi connectivity index (χ0) is 10.3. The van der Waals surface area contributed by atoms with Crippen molar-refractivity contribution in [3.05, 3.63) is 24.3 Å². The topological polar surface area (TPSA) is 49.3 Å². The quantitative estimate of drug-likeness (QED) is 0.504. The molecule has 0 aromatic heterocycles. The van der Waals surface area contributed by atoms with E-state index in [1.54, 1.807) is 26.0 Å². The summed E-state index contributed by atoms with van der Waals surface area (Å²) in [4.78, 5) is 11.0. The minimum Gasteiger partial charge on any atom is -0.389 e. The van der Waals surface area contributed by atoms with Crippen molar-refractivity contribution < 1.29 is 9.90 Å². The number of hydrogen-bond acceptors (Lipinski definition) is 2. The van der Waals surface area contributed by atoms with Gasteiger partial charge in [-0.25, -0.2) is 0 Å². The van der Waals surface area contributed by atoms with Crippen molar-refractivity contribution in [2.45, 2.75) is 26.4 Å². The zero-order valence-electron chi connectivity index (χ0n) is 8.37. The molecule has 0 aromatic carbocycles. The van der Waals surface area contributed by atoms with E-state index in [2.05, 4.69) is 5.32 Å². The Bertz CT molecular complexity index is 211. The van der Waals surface area contributed by atoms with Crippen molar-refractivity contribution in [3.8, 4) is 0 Å². The van der Waals surface area contributed by atoms with E-state index in [0.717, 1.165) is 0 Å². The van der Waals surface area contributed by atoms with Crippen LogP contribution in [0.4, 0.5) is 0 Å². The SMILES string of the molecule is CC=CC=CC(=O)NCC(C)(C)O. The van der Waals surface area contributed by atoms with Crippen molar-refractivity contribution in [1.82, 2.24) is 5.32 Å². The van der Waals surface area contributed by atoms with Gasteiger partial charge in [-0.2, -0.15) is 0 Å². The predicted molar refractivity (Wildman–Crippen MR) is 53.3 cm³/mol. The lowest BCUT2D eigenvalue weighted by atomic mass is 10.1. The van der Waals surface area contributed by atoms with Gasteiger partial charge in [-0.3, -0.25) is 4.79 Å². The van der Waals surface area contributed by atoms with Gasteiger partial charge in [-0.1, -0.05) is 18.2 Å².